The molecule has 0 unspecified atom stereocenters. The number of unbranched alkanes of at least 4 members (excludes halogenated alkanes) is 9. The number of ether oxygens (including phenoxy) is 4. The first-order valence-electron chi connectivity index (χ1n) is 24.4. The third-order valence-electron chi connectivity index (χ3n) is 11.2. The number of halogens is 2. The Morgan fingerprint density at radius 3 is 1.22 bits per heavy atom. The van der Waals surface area contributed by atoms with E-state index in [0.29, 0.717) is 106 Å². The van der Waals surface area contributed by atoms with E-state index in [1.165, 1.54) is 18.6 Å². The molecule has 0 aliphatic carbocycles. The zero-order valence-electron chi connectivity index (χ0n) is 40.7. The van der Waals surface area contributed by atoms with Crippen molar-refractivity contribution in [1.82, 2.24) is 0 Å². The lowest BCUT2D eigenvalue weighted by Crippen LogP contribution is -2.09. The number of esters is 4. The number of alkyl halides is 2. The van der Waals surface area contributed by atoms with Crippen LogP contribution >= 0.6 is 31.9 Å². The summed E-state index contributed by atoms with van der Waals surface area (Å²) in [7, 11) is 0. The lowest BCUT2D eigenvalue weighted by Gasteiger charge is -2.08. The van der Waals surface area contributed by atoms with Crippen LogP contribution in [0.4, 0.5) is 0 Å². The monoisotopic (exact) mass is 1130 g/mol. The summed E-state index contributed by atoms with van der Waals surface area (Å²) in [4.78, 5) is 88.5. The van der Waals surface area contributed by atoms with E-state index < -0.39 is 11.1 Å². The Hall–Kier alpha value is -6.66. The average Bonchev–Trinajstić information content (AvgIpc) is 3.37. The number of hydrogen-bond acceptors (Lipinski definition) is 15. The molecule has 0 aliphatic heterocycles. The second-order valence-corrected chi connectivity index (χ2v) is 18.5. The summed E-state index contributed by atoms with van der Waals surface area (Å²) in [6, 6.07) is 22.7. The molecule has 0 N–H and O–H groups in total. The van der Waals surface area contributed by atoms with E-state index in [9.17, 15) is 38.9 Å². The average molecular weight is 1130 g/mol. The van der Waals surface area contributed by atoms with Crippen molar-refractivity contribution in [3.8, 4) is 45.3 Å². The van der Waals surface area contributed by atoms with Crippen molar-refractivity contribution in [3.63, 3.8) is 0 Å². The molecule has 4 aromatic carbocycles. The maximum Gasteiger partial charge on any atom is 0.311 e. The van der Waals surface area contributed by atoms with E-state index >= 15 is 0 Å². The highest BCUT2D eigenvalue weighted by Crippen LogP contribution is 2.27. The van der Waals surface area contributed by atoms with Gasteiger partial charge in [0.1, 0.15) is 46.7 Å². The molecule has 73 heavy (non-hydrogen) atoms. The van der Waals surface area contributed by atoms with Crippen molar-refractivity contribution in [2.24, 2.45) is 0 Å². The van der Waals surface area contributed by atoms with Gasteiger partial charge in [0.05, 0.1) is 28.5 Å². The largest absolute Gasteiger partial charge is 0.463 e. The molecule has 0 amide bonds. The summed E-state index contributed by atoms with van der Waals surface area (Å²) in [6.07, 6.45) is 15.0. The van der Waals surface area contributed by atoms with Gasteiger partial charge in [-0.25, -0.2) is 0 Å². The van der Waals surface area contributed by atoms with Crippen LogP contribution in [0, 0.1) is 10.1 Å². The minimum atomic E-state index is -0.842. The molecule has 6 rings (SSSR count). The van der Waals surface area contributed by atoms with Crippen molar-refractivity contribution in [2.75, 3.05) is 17.3 Å². The van der Waals surface area contributed by atoms with E-state index in [2.05, 4.69) is 43.6 Å². The highest BCUT2D eigenvalue weighted by atomic mass is 79.9. The normalized spacial score (nSPS) is 10.8. The van der Waals surface area contributed by atoms with E-state index in [-0.39, 0.29) is 41.8 Å². The van der Waals surface area contributed by atoms with Gasteiger partial charge < -0.3 is 32.6 Å². The van der Waals surface area contributed by atoms with Crippen molar-refractivity contribution < 1.29 is 56.9 Å². The number of hydrogen-bond donors (Lipinski definition) is 0. The van der Waals surface area contributed by atoms with Crippen LogP contribution in [0.3, 0.4) is 0 Å². The van der Waals surface area contributed by atoms with Crippen molar-refractivity contribution in [1.29, 1.82) is 0 Å². The lowest BCUT2D eigenvalue weighted by atomic mass is 10.1. The number of carbonyl (C=O) groups excluding carboxylic acids is 4. The van der Waals surface area contributed by atoms with Gasteiger partial charge in [-0.2, -0.15) is 0 Å². The topological polar surface area (TPSA) is 218 Å². The van der Waals surface area contributed by atoms with Crippen molar-refractivity contribution >= 4 is 77.7 Å². The van der Waals surface area contributed by atoms with Gasteiger partial charge in [-0.05, 0) is 105 Å². The molecular weight excluding hydrogens is 1070 g/mol. The Balaban J connectivity index is 0.000000272. The van der Waals surface area contributed by atoms with Crippen molar-refractivity contribution in [3.05, 3.63) is 128 Å². The Bertz CT molecular complexity index is 2880. The molecule has 0 radical (unpaired) electrons. The summed E-state index contributed by atoms with van der Waals surface area (Å²) in [5.74, 6) is 0.121. The molecule has 6 aromatic rings. The van der Waals surface area contributed by atoms with E-state index in [1.54, 1.807) is 78.9 Å². The first-order chi connectivity index (χ1) is 35.4. The summed E-state index contributed by atoms with van der Waals surface area (Å²) in [6.45, 7) is 2.11. The van der Waals surface area contributed by atoms with E-state index in [1.807, 2.05) is 0 Å². The van der Waals surface area contributed by atoms with Gasteiger partial charge in [-0.15, -0.1) is 10.1 Å². The van der Waals surface area contributed by atoms with Gasteiger partial charge in [0.2, 0.25) is 0 Å². The second kappa shape index (κ2) is 31.0. The molecule has 0 spiro atoms. The number of rotatable bonds is 28. The highest BCUT2D eigenvalue weighted by molar-refractivity contribution is 9.09. The molecule has 0 bridgehead atoms. The van der Waals surface area contributed by atoms with Crippen molar-refractivity contribution in [2.45, 2.75) is 116 Å². The highest BCUT2D eigenvalue weighted by Gasteiger charge is 2.15. The molecule has 16 nitrogen and oxygen atoms in total. The minimum Gasteiger partial charge on any atom is -0.463 e. The van der Waals surface area contributed by atoms with Crippen LogP contribution in [0.15, 0.2) is 116 Å². The predicted molar refractivity (Wildman–Crippen MR) is 283 cm³/mol. The molecular formula is C55H59Br2NO15. The quantitative estimate of drug-likeness (QED) is 0.0111. The van der Waals surface area contributed by atoms with Crippen LogP contribution in [0.5, 0.6) is 23.0 Å². The molecule has 2 aromatic heterocycles. The molecule has 0 atom stereocenters. The van der Waals surface area contributed by atoms with Gasteiger partial charge in [0.15, 0.2) is 10.9 Å². The van der Waals surface area contributed by atoms with Gasteiger partial charge in [0.25, 0.3) is 5.09 Å². The Morgan fingerprint density at radius 2 is 0.849 bits per heavy atom. The molecule has 0 saturated carbocycles. The molecule has 18 heteroatoms. The third kappa shape index (κ3) is 19.4. The molecule has 0 saturated heterocycles. The van der Waals surface area contributed by atoms with Gasteiger partial charge in [-0.1, -0.05) is 102 Å². The van der Waals surface area contributed by atoms with Gasteiger partial charge >= 0.3 is 23.9 Å². The van der Waals surface area contributed by atoms with Gasteiger partial charge in [0, 0.05) is 48.5 Å². The first kappa shape index (κ1) is 57.2. The predicted octanol–water partition coefficient (Wildman–Crippen LogP) is 13.2. The lowest BCUT2D eigenvalue weighted by molar-refractivity contribution is -0.757. The summed E-state index contributed by atoms with van der Waals surface area (Å²) in [5, 5.41) is 11.8. The molecule has 0 aliphatic rings. The Kier molecular flexibility index (Phi) is 24.3. The standard InChI is InChI=1S/C28H31NO9.C27H28Br2O6/c1-2-3-4-6-9-27(31)38-22-15-16-23-25(18-22)35-19-24(28(23)32)20-11-13-21(14-12-20)37-26(30)10-7-5-8-17-36-29(33)34;28-15-5-1-3-7-25(30)34-20-11-9-19(10-12-20)23-18-33-24-17-21(13-14-22(24)27(23)32)35-26(31)8-4-2-6-16-29/h11-16,18-19H,2-10,17H2,1H3;9-14,17-18H,1-8,15-16H2. The van der Waals surface area contributed by atoms with E-state index in [4.69, 9.17) is 27.8 Å². The summed E-state index contributed by atoms with van der Waals surface area (Å²) in [5.41, 5.74) is 2.18. The Labute approximate surface area is 439 Å². The number of fused-ring (bicyclic) bond motifs is 2. The number of carbonyl (C=O) groups is 4. The van der Waals surface area contributed by atoms with Gasteiger partial charge in [-0.3, -0.25) is 28.8 Å². The fourth-order valence-electron chi connectivity index (χ4n) is 7.34. The zero-order chi connectivity index (χ0) is 52.4. The smallest absolute Gasteiger partial charge is 0.311 e. The second-order valence-electron chi connectivity index (χ2n) is 16.9. The molecule has 388 valence electrons. The number of benzene rings is 4. The summed E-state index contributed by atoms with van der Waals surface area (Å²) >= 11 is 6.74. The molecule has 0 fully saturated rings. The SMILES string of the molecule is CCCCCCC(=O)Oc1ccc2c(=O)c(-c3ccc(OC(=O)CCCCCO[N+](=O)[O-])cc3)coc2c1.O=C(CCCCCBr)Oc1ccc(-c2coc3cc(OC(=O)CCCCCBr)ccc3c2=O)cc1. The van der Waals surface area contributed by atoms with Crippen LogP contribution in [0.25, 0.3) is 44.2 Å². The summed E-state index contributed by atoms with van der Waals surface area (Å²) < 4.78 is 32.8. The van der Waals surface area contributed by atoms with Crippen LogP contribution in [-0.4, -0.2) is 46.2 Å². The maximum absolute atomic E-state index is 13.1. The Morgan fingerprint density at radius 1 is 0.493 bits per heavy atom. The fraction of sp³-hybridized carbons (Fsp3) is 0.382. The number of nitrogens with zero attached hydrogens (tertiary/aromatic N) is 1. The van der Waals surface area contributed by atoms with Crippen LogP contribution in [0.2, 0.25) is 0 Å². The minimum absolute atomic E-state index is 0.0000781. The van der Waals surface area contributed by atoms with Crippen LogP contribution in [0.1, 0.15) is 116 Å². The van der Waals surface area contributed by atoms with Crippen LogP contribution in [-0.2, 0) is 24.0 Å². The molecule has 2 heterocycles. The van der Waals surface area contributed by atoms with Crippen LogP contribution < -0.4 is 29.8 Å². The van der Waals surface area contributed by atoms with E-state index in [0.717, 1.165) is 74.9 Å². The zero-order valence-corrected chi connectivity index (χ0v) is 43.9. The fourth-order valence-corrected chi connectivity index (χ4v) is 8.14. The maximum atomic E-state index is 13.1. The first-order valence-corrected chi connectivity index (χ1v) is 26.7. The third-order valence-corrected chi connectivity index (χ3v) is 12.4.